The minimum atomic E-state index is -0.662. The van der Waals surface area contributed by atoms with Crippen LogP contribution in [0.4, 0.5) is 8.78 Å². The average Bonchev–Trinajstić information content (AvgIpc) is 2.68. The minimum Gasteiger partial charge on any atom is -0.325 e. The summed E-state index contributed by atoms with van der Waals surface area (Å²) in [5.41, 5.74) is 0.384. The van der Waals surface area contributed by atoms with Crippen LogP contribution in [-0.4, -0.2) is 34.1 Å². The van der Waals surface area contributed by atoms with E-state index in [2.05, 4.69) is 23.7 Å². The lowest BCUT2D eigenvalue weighted by Gasteiger charge is -2.33. The second kappa shape index (κ2) is 5.54. The van der Waals surface area contributed by atoms with E-state index in [9.17, 15) is 8.78 Å². The van der Waals surface area contributed by atoms with Crippen LogP contribution < -0.4 is 0 Å². The molecule has 0 saturated heterocycles. The van der Waals surface area contributed by atoms with Gasteiger partial charge in [0.25, 0.3) is 0 Å². The molecule has 0 amide bonds. The summed E-state index contributed by atoms with van der Waals surface area (Å²) in [6, 6.07) is 2.15. The number of imidazole rings is 1. The third-order valence-corrected chi connectivity index (χ3v) is 4.11. The largest absolute Gasteiger partial charge is 0.325 e. The Kier molecular flexibility index (Phi) is 4.26. The number of likely N-dealkylation sites (N-methyl/N-ethyl adjacent to an activating group) is 1. The van der Waals surface area contributed by atoms with Gasteiger partial charge in [-0.05, 0) is 40.9 Å². The highest BCUT2D eigenvalue weighted by atomic mass is 35.5. The van der Waals surface area contributed by atoms with E-state index in [4.69, 9.17) is 11.6 Å². The first-order chi connectivity index (χ1) is 9.63. The van der Waals surface area contributed by atoms with Crippen molar-refractivity contribution in [2.45, 2.75) is 38.2 Å². The van der Waals surface area contributed by atoms with E-state index in [1.54, 1.807) is 11.5 Å². The molecular weight excluding hydrogens is 296 g/mol. The molecule has 2 aromatic rings. The third kappa shape index (κ3) is 3.04. The Bertz CT molecular complexity index is 662. The smallest absolute Gasteiger partial charge is 0.153 e. The Morgan fingerprint density at radius 2 is 1.95 bits per heavy atom. The van der Waals surface area contributed by atoms with Crippen LogP contribution in [0.5, 0.6) is 0 Å². The van der Waals surface area contributed by atoms with Gasteiger partial charge in [0.15, 0.2) is 5.82 Å². The first kappa shape index (κ1) is 16.2. The highest BCUT2D eigenvalue weighted by Crippen LogP contribution is 2.29. The molecule has 1 aromatic heterocycles. The summed E-state index contributed by atoms with van der Waals surface area (Å²) in [7, 11) is 3.92. The normalized spacial score (nSPS) is 14.1. The Morgan fingerprint density at radius 3 is 2.48 bits per heavy atom. The summed E-state index contributed by atoms with van der Waals surface area (Å²) in [6.07, 6.45) is 0. The second-order valence-electron chi connectivity index (χ2n) is 6.13. The molecule has 0 bridgehead atoms. The van der Waals surface area contributed by atoms with Crippen molar-refractivity contribution >= 4 is 22.6 Å². The van der Waals surface area contributed by atoms with Crippen molar-refractivity contribution in [1.29, 1.82) is 0 Å². The Labute approximate surface area is 128 Å². The van der Waals surface area contributed by atoms with Crippen molar-refractivity contribution in [3.8, 4) is 0 Å². The van der Waals surface area contributed by atoms with E-state index < -0.39 is 17.0 Å². The molecule has 0 aliphatic carbocycles. The highest BCUT2D eigenvalue weighted by Gasteiger charge is 2.26. The number of nitrogens with zero attached hydrogens (tertiary/aromatic N) is 3. The van der Waals surface area contributed by atoms with Gasteiger partial charge in [-0.2, -0.15) is 0 Å². The fourth-order valence-corrected chi connectivity index (χ4v) is 2.33. The first-order valence-corrected chi connectivity index (χ1v) is 7.24. The number of rotatable bonds is 4. The molecule has 0 aliphatic rings. The van der Waals surface area contributed by atoms with E-state index in [1.165, 1.54) is 6.07 Å². The molecule has 3 nitrogen and oxygen atoms in total. The SMILES string of the molecule is CC(Cl)c1nc2c(F)cc(F)cc2n1CC(C)(C)N(C)C. The fourth-order valence-electron chi connectivity index (χ4n) is 2.17. The Balaban J connectivity index is 2.67. The number of hydrogen-bond donors (Lipinski definition) is 0. The zero-order valence-electron chi connectivity index (χ0n) is 12.9. The molecular formula is C15H20ClF2N3. The average molecular weight is 316 g/mol. The fraction of sp³-hybridized carbons (Fsp3) is 0.533. The lowest BCUT2D eigenvalue weighted by atomic mass is 10.0. The number of halogens is 3. The van der Waals surface area contributed by atoms with Crippen molar-refractivity contribution in [3.63, 3.8) is 0 Å². The van der Waals surface area contributed by atoms with Gasteiger partial charge in [0.05, 0.1) is 10.9 Å². The minimum absolute atomic E-state index is 0.161. The van der Waals surface area contributed by atoms with Crippen LogP contribution in [0.1, 0.15) is 32.0 Å². The quantitative estimate of drug-likeness (QED) is 0.796. The monoisotopic (exact) mass is 315 g/mol. The van der Waals surface area contributed by atoms with Crippen molar-refractivity contribution in [3.05, 3.63) is 29.6 Å². The lowest BCUT2D eigenvalue weighted by molar-refractivity contribution is 0.170. The predicted molar refractivity (Wildman–Crippen MR) is 81.7 cm³/mol. The van der Waals surface area contributed by atoms with Crippen LogP contribution in [0.3, 0.4) is 0 Å². The zero-order chi connectivity index (χ0) is 15.9. The van der Waals surface area contributed by atoms with E-state index in [1.807, 2.05) is 14.1 Å². The van der Waals surface area contributed by atoms with Gasteiger partial charge in [-0.1, -0.05) is 0 Å². The molecule has 0 saturated carbocycles. The van der Waals surface area contributed by atoms with Gasteiger partial charge in [-0.3, -0.25) is 0 Å². The molecule has 6 heteroatoms. The van der Waals surface area contributed by atoms with E-state index in [0.717, 1.165) is 6.07 Å². The van der Waals surface area contributed by atoms with Crippen LogP contribution in [0.25, 0.3) is 11.0 Å². The zero-order valence-corrected chi connectivity index (χ0v) is 13.7. The van der Waals surface area contributed by atoms with Gasteiger partial charge in [0, 0.05) is 18.2 Å². The number of alkyl halides is 1. The van der Waals surface area contributed by atoms with Gasteiger partial charge >= 0.3 is 0 Å². The standard InChI is InChI=1S/C15H20ClF2N3/c1-9(16)14-19-13-11(18)6-10(17)7-12(13)21(14)8-15(2,3)20(4)5/h6-7,9H,8H2,1-5H3. The van der Waals surface area contributed by atoms with E-state index in [-0.39, 0.29) is 11.1 Å². The topological polar surface area (TPSA) is 21.1 Å². The van der Waals surface area contributed by atoms with Crippen molar-refractivity contribution in [2.24, 2.45) is 0 Å². The summed E-state index contributed by atoms with van der Waals surface area (Å²) >= 11 is 6.17. The van der Waals surface area contributed by atoms with Crippen LogP contribution >= 0.6 is 11.6 Å². The van der Waals surface area contributed by atoms with Gasteiger partial charge in [-0.15, -0.1) is 11.6 Å². The number of hydrogen-bond acceptors (Lipinski definition) is 2. The lowest BCUT2D eigenvalue weighted by Crippen LogP contribution is -2.42. The van der Waals surface area contributed by atoms with E-state index in [0.29, 0.717) is 17.9 Å². The van der Waals surface area contributed by atoms with Crippen LogP contribution in [0.2, 0.25) is 0 Å². The van der Waals surface area contributed by atoms with Gasteiger partial charge in [0.1, 0.15) is 17.2 Å². The molecule has 116 valence electrons. The highest BCUT2D eigenvalue weighted by molar-refractivity contribution is 6.20. The molecule has 1 heterocycles. The van der Waals surface area contributed by atoms with E-state index >= 15 is 0 Å². The molecule has 0 fully saturated rings. The molecule has 0 spiro atoms. The number of fused-ring (bicyclic) bond motifs is 1. The molecule has 1 unspecified atom stereocenters. The maximum absolute atomic E-state index is 13.9. The number of benzene rings is 1. The number of aromatic nitrogens is 2. The molecule has 0 aliphatic heterocycles. The van der Waals surface area contributed by atoms with Crippen molar-refractivity contribution < 1.29 is 8.78 Å². The first-order valence-electron chi connectivity index (χ1n) is 6.80. The summed E-state index contributed by atoms with van der Waals surface area (Å²) in [4.78, 5) is 6.32. The van der Waals surface area contributed by atoms with Gasteiger partial charge < -0.3 is 9.47 Å². The van der Waals surface area contributed by atoms with Crippen molar-refractivity contribution in [1.82, 2.24) is 14.5 Å². The van der Waals surface area contributed by atoms with Gasteiger partial charge in [-0.25, -0.2) is 13.8 Å². The molecule has 1 atom stereocenters. The maximum atomic E-state index is 13.9. The molecule has 2 rings (SSSR count). The van der Waals surface area contributed by atoms with Crippen LogP contribution in [-0.2, 0) is 6.54 Å². The Morgan fingerprint density at radius 1 is 1.33 bits per heavy atom. The molecule has 0 radical (unpaired) electrons. The third-order valence-electron chi connectivity index (χ3n) is 3.91. The summed E-state index contributed by atoms with van der Waals surface area (Å²) in [5, 5.41) is -0.391. The summed E-state index contributed by atoms with van der Waals surface area (Å²) < 4.78 is 29.3. The van der Waals surface area contributed by atoms with Crippen LogP contribution in [0.15, 0.2) is 12.1 Å². The Hall–Kier alpha value is -1.20. The maximum Gasteiger partial charge on any atom is 0.153 e. The predicted octanol–water partition coefficient (Wildman–Crippen LogP) is 3.95. The van der Waals surface area contributed by atoms with Gasteiger partial charge in [0.2, 0.25) is 0 Å². The molecule has 21 heavy (non-hydrogen) atoms. The van der Waals surface area contributed by atoms with Crippen molar-refractivity contribution in [2.75, 3.05) is 14.1 Å². The molecule has 1 aromatic carbocycles. The van der Waals surface area contributed by atoms with Crippen LogP contribution in [0, 0.1) is 11.6 Å². The second-order valence-corrected chi connectivity index (χ2v) is 6.79. The summed E-state index contributed by atoms with van der Waals surface area (Å²) in [5.74, 6) is -0.728. The summed E-state index contributed by atoms with van der Waals surface area (Å²) in [6.45, 7) is 6.41. The molecule has 0 N–H and O–H groups in total.